The van der Waals surface area contributed by atoms with Gasteiger partial charge in [0, 0.05) is 5.38 Å². The molecule has 2 aromatic heterocycles. The maximum Gasteiger partial charge on any atom is 0.331 e. The summed E-state index contributed by atoms with van der Waals surface area (Å²) in [7, 11) is 0. The van der Waals surface area contributed by atoms with Crippen molar-refractivity contribution in [3.63, 3.8) is 0 Å². The molecule has 7 nitrogen and oxygen atoms in total. The van der Waals surface area contributed by atoms with Gasteiger partial charge in [0.15, 0.2) is 5.54 Å². The molecule has 0 bridgehead atoms. The van der Waals surface area contributed by atoms with Crippen molar-refractivity contribution in [3.05, 3.63) is 10.4 Å². The SMILES string of the molecule is CCC(CC)(C(=O)O)n1nnnc1-c1csc(C)n1. The predicted octanol–water partition coefficient (Wildman–Crippen LogP) is 1.70. The second-order valence-corrected chi connectivity index (χ2v) is 5.27. The third-order valence-corrected chi connectivity index (χ3v) is 4.06. The number of aliphatic carboxylic acids is 1. The van der Waals surface area contributed by atoms with Crippen molar-refractivity contribution in [2.75, 3.05) is 0 Å². The van der Waals surface area contributed by atoms with Crippen molar-refractivity contribution in [2.24, 2.45) is 0 Å². The minimum atomic E-state index is -1.13. The van der Waals surface area contributed by atoms with Crippen LogP contribution in [0.3, 0.4) is 0 Å². The highest BCUT2D eigenvalue weighted by atomic mass is 32.1. The normalized spacial score (nSPS) is 11.7. The molecule has 0 fully saturated rings. The van der Waals surface area contributed by atoms with Gasteiger partial charge in [-0.1, -0.05) is 13.8 Å². The van der Waals surface area contributed by atoms with Crippen molar-refractivity contribution < 1.29 is 9.90 Å². The van der Waals surface area contributed by atoms with Crippen LogP contribution in [0.2, 0.25) is 0 Å². The first-order valence-corrected chi connectivity index (χ1v) is 6.88. The van der Waals surface area contributed by atoms with Crippen LogP contribution in [0, 0.1) is 6.92 Å². The van der Waals surface area contributed by atoms with Crippen LogP contribution >= 0.6 is 11.3 Å². The molecule has 8 heteroatoms. The number of nitrogens with zero attached hydrogens (tertiary/aromatic N) is 5. The third-order valence-electron chi connectivity index (χ3n) is 3.29. The van der Waals surface area contributed by atoms with Gasteiger partial charge in [-0.15, -0.1) is 16.4 Å². The highest BCUT2D eigenvalue weighted by Crippen LogP contribution is 2.29. The zero-order chi connectivity index (χ0) is 14.0. The molecule has 0 aromatic carbocycles. The molecule has 0 radical (unpaired) electrons. The number of hydrogen-bond acceptors (Lipinski definition) is 6. The van der Waals surface area contributed by atoms with Gasteiger partial charge in [0.25, 0.3) is 0 Å². The summed E-state index contributed by atoms with van der Waals surface area (Å²) in [6.07, 6.45) is 0.806. The molecule has 2 heterocycles. The summed E-state index contributed by atoms with van der Waals surface area (Å²) in [6, 6.07) is 0. The van der Waals surface area contributed by atoms with Crippen molar-refractivity contribution in [1.82, 2.24) is 25.2 Å². The highest BCUT2D eigenvalue weighted by molar-refractivity contribution is 7.09. The Bertz CT molecular complexity index is 587. The maximum atomic E-state index is 11.6. The summed E-state index contributed by atoms with van der Waals surface area (Å²) in [5.74, 6) is -0.534. The number of aromatic nitrogens is 5. The smallest absolute Gasteiger partial charge is 0.331 e. The van der Waals surface area contributed by atoms with Crippen LogP contribution in [0.5, 0.6) is 0 Å². The van der Waals surface area contributed by atoms with Gasteiger partial charge in [-0.25, -0.2) is 14.5 Å². The van der Waals surface area contributed by atoms with Crippen LogP contribution in [-0.2, 0) is 10.3 Å². The van der Waals surface area contributed by atoms with Gasteiger partial charge >= 0.3 is 5.97 Å². The number of thiazole rings is 1. The van der Waals surface area contributed by atoms with Gasteiger partial charge in [-0.2, -0.15) is 0 Å². The van der Waals surface area contributed by atoms with Crippen LogP contribution in [-0.4, -0.2) is 36.3 Å². The van der Waals surface area contributed by atoms with E-state index in [-0.39, 0.29) is 0 Å². The predicted molar refractivity (Wildman–Crippen MR) is 69.9 cm³/mol. The summed E-state index contributed by atoms with van der Waals surface area (Å²) in [5, 5.41) is 23.7. The molecule has 0 amide bonds. The van der Waals surface area contributed by atoms with Gasteiger partial charge in [-0.05, 0) is 30.2 Å². The molecule has 0 atom stereocenters. The number of rotatable bonds is 5. The maximum absolute atomic E-state index is 11.6. The first-order chi connectivity index (χ1) is 9.05. The lowest BCUT2D eigenvalue weighted by Gasteiger charge is -2.27. The Balaban J connectivity index is 2.57. The van der Waals surface area contributed by atoms with E-state index in [4.69, 9.17) is 0 Å². The van der Waals surface area contributed by atoms with E-state index in [9.17, 15) is 9.90 Å². The average Bonchev–Trinajstić information content (AvgIpc) is 3.00. The molecule has 0 spiro atoms. The minimum absolute atomic E-state index is 0.399. The molecule has 0 saturated carbocycles. The molecule has 0 unspecified atom stereocenters. The number of tetrazole rings is 1. The van der Waals surface area contributed by atoms with Crippen LogP contribution in [0.15, 0.2) is 5.38 Å². The Hall–Kier alpha value is -1.83. The highest BCUT2D eigenvalue weighted by Gasteiger charge is 2.40. The number of carbonyl (C=O) groups is 1. The van der Waals surface area contributed by atoms with Crippen LogP contribution in [0.25, 0.3) is 11.5 Å². The van der Waals surface area contributed by atoms with Gasteiger partial charge in [0.1, 0.15) is 5.69 Å². The summed E-state index contributed by atoms with van der Waals surface area (Å²) in [4.78, 5) is 16.0. The summed E-state index contributed by atoms with van der Waals surface area (Å²) < 4.78 is 1.38. The van der Waals surface area contributed by atoms with E-state index >= 15 is 0 Å². The first-order valence-electron chi connectivity index (χ1n) is 6.00. The molecule has 19 heavy (non-hydrogen) atoms. The van der Waals surface area contributed by atoms with Crippen molar-refractivity contribution in [3.8, 4) is 11.5 Å². The number of carboxylic acids is 1. The fourth-order valence-corrected chi connectivity index (χ4v) is 2.64. The van der Waals surface area contributed by atoms with Crippen LogP contribution in [0.1, 0.15) is 31.7 Å². The molecule has 1 N–H and O–H groups in total. The van der Waals surface area contributed by atoms with E-state index in [0.29, 0.717) is 24.4 Å². The lowest BCUT2D eigenvalue weighted by atomic mass is 9.93. The largest absolute Gasteiger partial charge is 0.479 e. The van der Waals surface area contributed by atoms with E-state index in [1.165, 1.54) is 16.0 Å². The van der Waals surface area contributed by atoms with E-state index in [1.54, 1.807) is 0 Å². The Morgan fingerprint density at radius 2 is 2.16 bits per heavy atom. The van der Waals surface area contributed by atoms with E-state index < -0.39 is 11.5 Å². The summed E-state index contributed by atoms with van der Waals surface area (Å²) in [6.45, 7) is 5.51. The molecule has 2 rings (SSSR count). The van der Waals surface area contributed by atoms with E-state index in [1.807, 2.05) is 26.2 Å². The molecular formula is C11H15N5O2S. The molecule has 0 aliphatic rings. The third kappa shape index (κ3) is 2.12. The fraction of sp³-hybridized carbons (Fsp3) is 0.545. The molecule has 102 valence electrons. The summed E-state index contributed by atoms with van der Waals surface area (Å²) >= 11 is 1.48. The zero-order valence-electron chi connectivity index (χ0n) is 11.0. The van der Waals surface area contributed by atoms with Crippen LogP contribution < -0.4 is 0 Å². The van der Waals surface area contributed by atoms with Gasteiger partial charge in [-0.3, -0.25) is 0 Å². The van der Waals surface area contributed by atoms with Gasteiger partial charge in [0.2, 0.25) is 5.82 Å². The Kier molecular flexibility index (Phi) is 3.61. The van der Waals surface area contributed by atoms with E-state index in [2.05, 4.69) is 20.5 Å². The summed E-state index contributed by atoms with van der Waals surface area (Å²) in [5.41, 5.74) is -0.517. The second-order valence-electron chi connectivity index (χ2n) is 4.21. The van der Waals surface area contributed by atoms with Gasteiger partial charge in [0.05, 0.1) is 5.01 Å². The first kappa shape index (κ1) is 13.6. The average molecular weight is 281 g/mol. The van der Waals surface area contributed by atoms with Crippen molar-refractivity contribution in [1.29, 1.82) is 0 Å². The fourth-order valence-electron chi connectivity index (χ4n) is 2.04. The number of hydrogen-bond donors (Lipinski definition) is 1. The lowest BCUT2D eigenvalue weighted by Crippen LogP contribution is -2.42. The monoisotopic (exact) mass is 281 g/mol. The van der Waals surface area contributed by atoms with Crippen LogP contribution in [0.4, 0.5) is 0 Å². The van der Waals surface area contributed by atoms with Crippen molar-refractivity contribution in [2.45, 2.75) is 39.2 Å². The topological polar surface area (TPSA) is 93.8 Å². The van der Waals surface area contributed by atoms with Crippen molar-refractivity contribution >= 4 is 17.3 Å². The number of aryl methyl sites for hydroxylation is 1. The molecule has 2 aromatic rings. The Morgan fingerprint density at radius 3 is 2.63 bits per heavy atom. The minimum Gasteiger partial charge on any atom is -0.479 e. The zero-order valence-corrected chi connectivity index (χ0v) is 11.8. The molecule has 0 aliphatic heterocycles. The Morgan fingerprint density at radius 1 is 1.47 bits per heavy atom. The lowest BCUT2D eigenvalue weighted by molar-refractivity contribution is -0.148. The van der Waals surface area contributed by atoms with Gasteiger partial charge < -0.3 is 5.11 Å². The number of carboxylic acid groups (broad SMARTS) is 1. The molecule has 0 aliphatic carbocycles. The Labute approximate surface area is 114 Å². The molecular weight excluding hydrogens is 266 g/mol. The quantitative estimate of drug-likeness (QED) is 0.896. The standard InChI is InChI=1S/C11H15N5O2S/c1-4-11(5-2,10(17)18)16-9(13-14-15-16)8-6-19-7(3)12-8/h6H,4-5H2,1-3H3,(H,17,18). The van der Waals surface area contributed by atoms with E-state index in [0.717, 1.165) is 5.01 Å². The molecule has 0 saturated heterocycles. The second kappa shape index (κ2) is 5.04.